The smallest absolute Gasteiger partial charge is 0.243 e. The van der Waals surface area contributed by atoms with Crippen LogP contribution in [-0.4, -0.2) is 28.1 Å². The van der Waals surface area contributed by atoms with Crippen molar-refractivity contribution in [3.8, 4) is 0 Å². The molecule has 2 N–H and O–H groups in total. The van der Waals surface area contributed by atoms with Crippen LogP contribution in [0.5, 0.6) is 0 Å². The zero-order chi connectivity index (χ0) is 14.8. The summed E-state index contributed by atoms with van der Waals surface area (Å²) >= 11 is 5.73. The van der Waals surface area contributed by atoms with Crippen LogP contribution in [0.15, 0.2) is 23.1 Å². The Morgan fingerprint density at radius 3 is 2.62 bits per heavy atom. The summed E-state index contributed by atoms with van der Waals surface area (Å²) < 4.78 is 40.5. The molecule has 0 spiro atoms. The van der Waals surface area contributed by atoms with Crippen LogP contribution in [0.25, 0.3) is 0 Å². The SMILES string of the molecule is CC1(CNS(=O)(=O)c2cc(Cl)ccc2F)CCNCC1.Cl. The van der Waals surface area contributed by atoms with Crippen LogP contribution in [-0.2, 0) is 10.0 Å². The molecule has 0 amide bonds. The van der Waals surface area contributed by atoms with Gasteiger partial charge in [-0.3, -0.25) is 0 Å². The molecule has 0 saturated carbocycles. The average molecular weight is 357 g/mol. The summed E-state index contributed by atoms with van der Waals surface area (Å²) in [6.07, 6.45) is 1.76. The number of halogens is 3. The van der Waals surface area contributed by atoms with Gasteiger partial charge in [-0.15, -0.1) is 12.4 Å². The molecule has 0 unspecified atom stereocenters. The van der Waals surface area contributed by atoms with E-state index in [9.17, 15) is 12.8 Å². The second-order valence-corrected chi connectivity index (χ2v) is 7.63. The Kier molecular flexibility index (Phi) is 6.43. The zero-order valence-electron chi connectivity index (χ0n) is 11.7. The Balaban J connectivity index is 0.00000220. The standard InChI is InChI=1S/C13H18ClFN2O2S.ClH/c1-13(4-6-16-7-5-13)9-17-20(18,19)12-8-10(14)2-3-11(12)15;/h2-3,8,16-17H,4-7,9H2,1H3;1H. The zero-order valence-corrected chi connectivity index (χ0v) is 14.0. The molecule has 1 aromatic carbocycles. The fourth-order valence-corrected chi connectivity index (χ4v) is 3.77. The minimum absolute atomic E-state index is 0. The summed E-state index contributed by atoms with van der Waals surface area (Å²) in [7, 11) is -3.88. The highest BCUT2D eigenvalue weighted by molar-refractivity contribution is 7.89. The lowest BCUT2D eigenvalue weighted by Gasteiger charge is -2.34. The van der Waals surface area contributed by atoms with E-state index in [4.69, 9.17) is 11.6 Å². The van der Waals surface area contributed by atoms with Crippen LogP contribution in [0.2, 0.25) is 5.02 Å². The van der Waals surface area contributed by atoms with Gasteiger partial charge in [0.15, 0.2) is 0 Å². The molecule has 0 aromatic heterocycles. The van der Waals surface area contributed by atoms with Crippen LogP contribution in [0.4, 0.5) is 4.39 Å². The molecule has 21 heavy (non-hydrogen) atoms. The number of hydrogen-bond donors (Lipinski definition) is 2. The summed E-state index contributed by atoms with van der Waals surface area (Å²) in [5.74, 6) is -0.794. The third-order valence-electron chi connectivity index (χ3n) is 3.68. The largest absolute Gasteiger partial charge is 0.317 e. The molecule has 1 aliphatic heterocycles. The van der Waals surface area contributed by atoms with Gasteiger partial charge in [0.1, 0.15) is 10.7 Å². The van der Waals surface area contributed by atoms with Crippen LogP contribution in [0.1, 0.15) is 19.8 Å². The van der Waals surface area contributed by atoms with E-state index in [-0.39, 0.29) is 22.8 Å². The van der Waals surface area contributed by atoms with E-state index >= 15 is 0 Å². The fraction of sp³-hybridized carbons (Fsp3) is 0.538. The minimum atomic E-state index is -3.88. The lowest BCUT2D eigenvalue weighted by Crippen LogP contribution is -2.43. The highest BCUT2D eigenvalue weighted by Gasteiger charge is 2.29. The molecule has 4 nitrogen and oxygen atoms in total. The molecule has 1 aliphatic rings. The van der Waals surface area contributed by atoms with Crippen LogP contribution in [0, 0.1) is 11.2 Å². The van der Waals surface area contributed by atoms with Gasteiger partial charge in [-0.25, -0.2) is 17.5 Å². The van der Waals surface area contributed by atoms with Crippen molar-refractivity contribution in [3.05, 3.63) is 29.0 Å². The predicted molar refractivity (Wildman–Crippen MR) is 84.1 cm³/mol. The molecule has 0 bridgehead atoms. The van der Waals surface area contributed by atoms with Crippen LogP contribution >= 0.6 is 24.0 Å². The Morgan fingerprint density at radius 1 is 1.38 bits per heavy atom. The van der Waals surface area contributed by atoms with Gasteiger partial charge in [0.2, 0.25) is 10.0 Å². The highest BCUT2D eigenvalue weighted by atomic mass is 35.5. The van der Waals surface area contributed by atoms with E-state index in [0.29, 0.717) is 6.54 Å². The number of rotatable bonds is 4. The lowest BCUT2D eigenvalue weighted by molar-refractivity contribution is 0.232. The van der Waals surface area contributed by atoms with Crippen molar-refractivity contribution in [3.63, 3.8) is 0 Å². The van der Waals surface area contributed by atoms with Crippen LogP contribution in [0.3, 0.4) is 0 Å². The first kappa shape index (κ1) is 18.6. The van der Waals surface area contributed by atoms with Crippen molar-refractivity contribution < 1.29 is 12.8 Å². The number of hydrogen-bond acceptors (Lipinski definition) is 3. The molecule has 1 fully saturated rings. The van der Waals surface area contributed by atoms with E-state index in [2.05, 4.69) is 10.0 Å². The summed E-state index contributed by atoms with van der Waals surface area (Å²) in [4.78, 5) is -0.400. The molecule has 0 aliphatic carbocycles. The molecule has 8 heteroatoms. The maximum Gasteiger partial charge on any atom is 0.243 e. The Bertz CT molecular complexity index is 590. The van der Waals surface area contributed by atoms with Crippen molar-refractivity contribution in [1.82, 2.24) is 10.0 Å². The molecular weight excluding hydrogens is 338 g/mol. The first-order valence-corrected chi connectivity index (χ1v) is 8.34. The van der Waals surface area contributed by atoms with Gasteiger partial charge in [0.25, 0.3) is 0 Å². The van der Waals surface area contributed by atoms with E-state index < -0.39 is 20.7 Å². The van der Waals surface area contributed by atoms with E-state index in [1.54, 1.807) is 0 Å². The van der Waals surface area contributed by atoms with Gasteiger partial charge in [-0.2, -0.15) is 0 Å². The van der Waals surface area contributed by atoms with Gasteiger partial charge < -0.3 is 5.32 Å². The predicted octanol–water partition coefficient (Wildman–Crippen LogP) is 2.57. The van der Waals surface area contributed by atoms with Crippen molar-refractivity contribution in [1.29, 1.82) is 0 Å². The third-order valence-corrected chi connectivity index (χ3v) is 5.33. The second kappa shape index (κ2) is 7.24. The molecule has 120 valence electrons. The maximum atomic E-state index is 13.6. The Hall–Kier alpha value is -0.400. The van der Waals surface area contributed by atoms with Gasteiger partial charge in [0.05, 0.1) is 0 Å². The quantitative estimate of drug-likeness (QED) is 0.871. The van der Waals surface area contributed by atoms with Gasteiger partial charge in [-0.05, 0) is 49.5 Å². The summed E-state index contributed by atoms with van der Waals surface area (Å²) in [6, 6.07) is 3.51. The number of sulfonamides is 1. The topological polar surface area (TPSA) is 58.2 Å². The van der Waals surface area contributed by atoms with E-state index in [1.165, 1.54) is 6.07 Å². The van der Waals surface area contributed by atoms with Crippen molar-refractivity contribution in [2.24, 2.45) is 5.41 Å². The van der Waals surface area contributed by atoms with Crippen molar-refractivity contribution in [2.45, 2.75) is 24.7 Å². The summed E-state index contributed by atoms with van der Waals surface area (Å²) in [5.41, 5.74) is -0.104. The minimum Gasteiger partial charge on any atom is -0.317 e. The molecule has 1 saturated heterocycles. The Labute approximate surface area is 135 Å². The number of nitrogens with one attached hydrogen (secondary N) is 2. The molecule has 0 atom stereocenters. The normalized spacial score (nSPS) is 18.0. The molecule has 2 rings (SSSR count). The first-order chi connectivity index (χ1) is 9.32. The van der Waals surface area contributed by atoms with Gasteiger partial charge in [0, 0.05) is 11.6 Å². The van der Waals surface area contributed by atoms with E-state index in [0.717, 1.165) is 38.1 Å². The van der Waals surface area contributed by atoms with Gasteiger partial charge in [-0.1, -0.05) is 18.5 Å². The van der Waals surface area contributed by atoms with Crippen molar-refractivity contribution >= 4 is 34.0 Å². The first-order valence-electron chi connectivity index (χ1n) is 6.48. The monoisotopic (exact) mass is 356 g/mol. The molecule has 1 heterocycles. The number of benzene rings is 1. The van der Waals surface area contributed by atoms with Gasteiger partial charge >= 0.3 is 0 Å². The molecule has 1 aromatic rings. The fourth-order valence-electron chi connectivity index (χ4n) is 2.24. The highest BCUT2D eigenvalue weighted by Crippen LogP contribution is 2.28. The van der Waals surface area contributed by atoms with Crippen molar-refractivity contribution in [2.75, 3.05) is 19.6 Å². The average Bonchev–Trinajstić information content (AvgIpc) is 2.40. The summed E-state index contributed by atoms with van der Waals surface area (Å²) in [5, 5.41) is 3.42. The second-order valence-electron chi connectivity index (χ2n) is 5.46. The van der Waals surface area contributed by atoms with E-state index in [1.807, 2.05) is 6.92 Å². The maximum absolute atomic E-state index is 13.6. The molecular formula is C13H19Cl2FN2O2S. The molecule has 0 radical (unpaired) electrons. The third kappa shape index (κ3) is 4.79. The Morgan fingerprint density at radius 2 is 2.00 bits per heavy atom. The summed E-state index contributed by atoms with van der Waals surface area (Å²) in [6.45, 7) is 4.06. The number of piperidine rings is 1. The lowest BCUT2D eigenvalue weighted by atomic mass is 9.81. The van der Waals surface area contributed by atoms with Crippen LogP contribution < -0.4 is 10.0 Å².